The summed E-state index contributed by atoms with van der Waals surface area (Å²) in [4.78, 5) is 21.7. The standard InChI is InChI=1S/C11H13NO4/c1-7(10(13)14)12-9-5-3-8(4-6-9)11(15)16-2/h3-7,12H,1-2H3,(H,13,14). The summed E-state index contributed by atoms with van der Waals surface area (Å²) < 4.78 is 4.54. The van der Waals surface area contributed by atoms with Crippen molar-refractivity contribution in [2.45, 2.75) is 13.0 Å². The van der Waals surface area contributed by atoms with Crippen molar-refractivity contribution in [3.8, 4) is 0 Å². The second-order valence-electron chi connectivity index (χ2n) is 3.27. The first-order valence-corrected chi connectivity index (χ1v) is 4.72. The lowest BCUT2D eigenvalue weighted by molar-refractivity contribution is -0.137. The van der Waals surface area contributed by atoms with Gasteiger partial charge in [-0.05, 0) is 31.2 Å². The van der Waals surface area contributed by atoms with Crippen LogP contribution < -0.4 is 5.32 Å². The highest BCUT2D eigenvalue weighted by Crippen LogP contribution is 2.11. The molecule has 0 saturated carbocycles. The second-order valence-corrected chi connectivity index (χ2v) is 3.27. The number of hydrogen-bond acceptors (Lipinski definition) is 4. The van der Waals surface area contributed by atoms with Crippen LogP contribution in [0, 0.1) is 0 Å². The molecule has 0 fully saturated rings. The molecule has 0 spiro atoms. The lowest BCUT2D eigenvalue weighted by atomic mass is 10.2. The van der Waals surface area contributed by atoms with Gasteiger partial charge in [0.15, 0.2) is 0 Å². The van der Waals surface area contributed by atoms with Gasteiger partial charge >= 0.3 is 11.9 Å². The molecule has 0 aromatic heterocycles. The van der Waals surface area contributed by atoms with E-state index in [0.717, 1.165) is 0 Å². The molecule has 1 unspecified atom stereocenters. The smallest absolute Gasteiger partial charge is 0.337 e. The summed E-state index contributed by atoms with van der Waals surface area (Å²) in [5, 5.41) is 11.5. The molecule has 0 bridgehead atoms. The van der Waals surface area contributed by atoms with Gasteiger partial charge in [-0.15, -0.1) is 0 Å². The van der Waals surface area contributed by atoms with Gasteiger partial charge < -0.3 is 15.2 Å². The molecule has 0 heterocycles. The van der Waals surface area contributed by atoms with Gasteiger partial charge in [-0.3, -0.25) is 4.79 Å². The summed E-state index contributed by atoms with van der Waals surface area (Å²) in [6.45, 7) is 1.54. The molecule has 5 heteroatoms. The van der Waals surface area contributed by atoms with Crippen molar-refractivity contribution in [3.05, 3.63) is 29.8 Å². The lowest BCUT2D eigenvalue weighted by Gasteiger charge is -2.10. The van der Waals surface area contributed by atoms with Crippen LogP contribution in [0.1, 0.15) is 17.3 Å². The number of nitrogens with one attached hydrogen (secondary N) is 1. The zero-order chi connectivity index (χ0) is 12.1. The average molecular weight is 223 g/mol. The van der Waals surface area contributed by atoms with Crippen LogP contribution >= 0.6 is 0 Å². The Morgan fingerprint density at radius 3 is 2.31 bits per heavy atom. The Hall–Kier alpha value is -2.04. The maximum Gasteiger partial charge on any atom is 0.337 e. The minimum atomic E-state index is -0.933. The largest absolute Gasteiger partial charge is 0.480 e. The monoisotopic (exact) mass is 223 g/mol. The Kier molecular flexibility index (Phi) is 3.88. The van der Waals surface area contributed by atoms with Crippen LogP contribution in [0.25, 0.3) is 0 Å². The highest BCUT2D eigenvalue weighted by Gasteiger charge is 2.10. The highest BCUT2D eigenvalue weighted by atomic mass is 16.5. The van der Waals surface area contributed by atoms with Crippen LogP contribution in [0.3, 0.4) is 0 Å². The molecule has 0 aliphatic heterocycles. The van der Waals surface area contributed by atoms with Crippen molar-refractivity contribution in [2.75, 3.05) is 12.4 Å². The third-order valence-corrected chi connectivity index (χ3v) is 2.06. The number of aliphatic carboxylic acids is 1. The first-order valence-electron chi connectivity index (χ1n) is 4.72. The summed E-state index contributed by atoms with van der Waals surface area (Å²) in [5.74, 6) is -1.35. The quantitative estimate of drug-likeness (QED) is 0.754. The number of hydrogen-bond donors (Lipinski definition) is 2. The highest BCUT2D eigenvalue weighted by molar-refractivity contribution is 5.89. The van der Waals surface area contributed by atoms with E-state index in [1.54, 1.807) is 24.3 Å². The van der Waals surface area contributed by atoms with E-state index in [1.165, 1.54) is 14.0 Å². The molecule has 86 valence electrons. The van der Waals surface area contributed by atoms with E-state index in [0.29, 0.717) is 11.3 Å². The van der Waals surface area contributed by atoms with Crippen LogP contribution in [-0.4, -0.2) is 30.2 Å². The molecule has 0 aliphatic carbocycles. The van der Waals surface area contributed by atoms with E-state index in [2.05, 4.69) is 10.1 Å². The molecule has 1 aromatic rings. The molecule has 1 atom stereocenters. The predicted molar refractivity (Wildman–Crippen MR) is 58.5 cm³/mol. The van der Waals surface area contributed by atoms with E-state index < -0.39 is 18.0 Å². The molecule has 16 heavy (non-hydrogen) atoms. The van der Waals surface area contributed by atoms with Crippen molar-refractivity contribution in [1.82, 2.24) is 0 Å². The normalized spacial score (nSPS) is 11.6. The van der Waals surface area contributed by atoms with Gasteiger partial charge in [0.1, 0.15) is 6.04 Å². The van der Waals surface area contributed by atoms with E-state index in [9.17, 15) is 9.59 Å². The van der Waals surface area contributed by atoms with Crippen LogP contribution in [0.5, 0.6) is 0 Å². The fourth-order valence-corrected chi connectivity index (χ4v) is 1.13. The topological polar surface area (TPSA) is 75.6 Å². The number of carbonyl (C=O) groups is 2. The molecule has 2 N–H and O–H groups in total. The Morgan fingerprint density at radius 2 is 1.88 bits per heavy atom. The van der Waals surface area contributed by atoms with Crippen molar-refractivity contribution in [1.29, 1.82) is 0 Å². The number of anilines is 1. The SMILES string of the molecule is COC(=O)c1ccc(NC(C)C(=O)O)cc1. The van der Waals surface area contributed by atoms with Gasteiger partial charge in [-0.25, -0.2) is 4.79 Å². The first kappa shape index (κ1) is 12.0. The van der Waals surface area contributed by atoms with Crippen LogP contribution in [0.2, 0.25) is 0 Å². The fraction of sp³-hybridized carbons (Fsp3) is 0.273. The molecular formula is C11H13NO4. The lowest BCUT2D eigenvalue weighted by Crippen LogP contribution is -2.25. The Morgan fingerprint density at radius 1 is 1.31 bits per heavy atom. The number of carboxylic acid groups (broad SMARTS) is 1. The third kappa shape index (κ3) is 2.98. The maximum absolute atomic E-state index is 11.1. The van der Waals surface area contributed by atoms with Crippen LogP contribution in [-0.2, 0) is 9.53 Å². The minimum Gasteiger partial charge on any atom is -0.480 e. The second kappa shape index (κ2) is 5.16. The van der Waals surface area contributed by atoms with E-state index in [1.807, 2.05) is 0 Å². The summed E-state index contributed by atoms with van der Waals surface area (Å²) >= 11 is 0. The zero-order valence-electron chi connectivity index (χ0n) is 9.06. The van der Waals surface area contributed by atoms with Gasteiger partial charge in [0.2, 0.25) is 0 Å². The van der Waals surface area contributed by atoms with Gasteiger partial charge in [0, 0.05) is 5.69 Å². The predicted octanol–water partition coefficient (Wildman–Crippen LogP) is 1.36. The molecule has 0 amide bonds. The van der Waals surface area contributed by atoms with Gasteiger partial charge in [-0.1, -0.05) is 0 Å². The molecule has 1 rings (SSSR count). The van der Waals surface area contributed by atoms with Crippen LogP contribution in [0.4, 0.5) is 5.69 Å². The summed E-state index contributed by atoms with van der Waals surface area (Å²) in [6.07, 6.45) is 0. The number of benzene rings is 1. The van der Waals surface area contributed by atoms with Crippen LogP contribution in [0.15, 0.2) is 24.3 Å². The molecule has 1 aromatic carbocycles. The molecule has 0 radical (unpaired) electrons. The van der Waals surface area contributed by atoms with Gasteiger partial charge in [0.25, 0.3) is 0 Å². The van der Waals surface area contributed by atoms with Crippen molar-refractivity contribution in [3.63, 3.8) is 0 Å². The van der Waals surface area contributed by atoms with E-state index in [4.69, 9.17) is 5.11 Å². The molecule has 5 nitrogen and oxygen atoms in total. The minimum absolute atomic E-state index is 0.419. The average Bonchev–Trinajstić information content (AvgIpc) is 2.28. The molecule has 0 saturated heterocycles. The van der Waals surface area contributed by atoms with Crippen molar-refractivity contribution in [2.24, 2.45) is 0 Å². The number of methoxy groups -OCH3 is 1. The summed E-state index contributed by atoms with van der Waals surface area (Å²) in [7, 11) is 1.31. The number of ether oxygens (including phenoxy) is 1. The number of carboxylic acids is 1. The Balaban J connectivity index is 2.72. The fourth-order valence-electron chi connectivity index (χ4n) is 1.13. The Labute approximate surface area is 93.0 Å². The number of carbonyl (C=O) groups excluding carboxylic acids is 1. The molecule has 0 aliphatic rings. The van der Waals surface area contributed by atoms with Gasteiger partial charge in [0.05, 0.1) is 12.7 Å². The van der Waals surface area contributed by atoms with Gasteiger partial charge in [-0.2, -0.15) is 0 Å². The van der Waals surface area contributed by atoms with Crippen molar-refractivity contribution >= 4 is 17.6 Å². The van der Waals surface area contributed by atoms with E-state index >= 15 is 0 Å². The zero-order valence-corrected chi connectivity index (χ0v) is 9.06. The first-order chi connectivity index (χ1) is 7.54. The molecular weight excluding hydrogens is 210 g/mol. The van der Waals surface area contributed by atoms with E-state index in [-0.39, 0.29) is 0 Å². The maximum atomic E-state index is 11.1. The number of esters is 1. The summed E-state index contributed by atoms with van der Waals surface area (Å²) in [6, 6.07) is 5.73. The Bertz CT molecular complexity index is 385. The third-order valence-electron chi connectivity index (χ3n) is 2.06. The van der Waals surface area contributed by atoms with Crippen molar-refractivity contribution < 1.29 is 19.4 Å². The number of rotatable bonds is 4. The summed E-state index contributed by atoms with van der Waals surface area (Å²) in [5.41, 5.74) is 1.07.